The quantitative estimate of drug-likeness (QED) is 0.259. The second-order valence-corrected chi connectivity index (χ2v) is 9.42. The van der Waals surface area contributed by atoms with Gasteiger partial charge >= 0.3 is 0 Å². The van der Waals surface area contributed by atoms with Crippen molar-refractivity contribution in [2.24, 2.45) is 0 Å². The van der Waals surface area contributed by atoms with Crippen LogP contribution in [0.2, 0.25) is 0 Å². The van der Waals surface area contributed by atoms with Crippen LogP contribution in [-0.4, -0.2) is 22.1 Å². The summed E-state index contributed by atoms with van der Waals surface area (Å²) in [6, 6.07) is 23.8. The van der Waals surface area contributed by atoms with Gasteiger partial charge in [0.25, 0.3) is 5.91 Å². The number of benzene rings is 3. The third-order valence-corrected chi connectivity index (χ3v) is 6.31. The molecule has 1 amide bonds. The molecule has 1 N–H and O–H groups in total. The minimum Gasteiger partial charge on any atom is -0.493 e. The van der Waals surface area contributed by atoms with Crippen molar-refractivity contribution < 1.29 is 9.53 Å². The summed E-state index contributed by atoms with van der Waals surface area (Å²) < 4.78 is 8.34. The average Bonchev–Trinajstić information content (AvgIpc) is 3.23. The number of para-hydroxylation sites is 3. The molecule has 3 aromatic carbocycles. The summed E-state index contributed by atoms with van der Waals surface area (Å²) in [5.74, 6) is 2.19. The first-order valence-corrected chi connectivity index (χ1v) is 12.5. The number of hydrogen-bond donors (Lipinski definition) is 1. The van der Waals surface area contributed by atoms with Gasteiger partial charge in [0.2, 0.25) is 0 Å². The molecule has 0 radical (unpaired) electrons. The van der Waals surface area contributed by atoms with Crippen molar-refractivity contribution in [3.63, 3.8) is 0 Å². The molecule has 0 fully saturated rings. The van der Waals surface area contributed by atoms with Crippen molar-refractivity contribution in [3.8, 4) is 5.75 Å². The zero-order chi connectivity index (χ0) is 24.8. The van der Waals surface area contributed by atoms with Crippen LogP contribution in [-0.2, 0) is 6.54 Å². The number of imidazole rings is 1. The molecule has 0 spiro atoms. The average molecular weight is 470 g/mol. The molecule has 4 aromatic rings. The highest BCUT2D eigenvalue weighted by molar-refractivity contribution is 5.94. The van der Waals surface area contributed by atoms with Crippen molar-refractivity contribution in [1.29, 1.82) is 0 Å². The molecule has 0 aliphatic heterocycles. The number of amides is 1. The van der Waals surface area contributed by atoms with Crippen LogP contribution < -0.4 is 10.1 Å². The number of rotatable bonds is 10. The summed E-state index contributed by atoms with van der Waals surface area (Å²) in [7, 11) is 0. The van der Waals surface area contributed by atoms with Crippen LogP contribution in [0.25, 0.3) is 11.0 Å². The van der Waals surface area contributed by atoms with Crippen LogP contribution in [0.1, 0.15) is 72.9 Å². The Morgan fingerprint density at radius 3 is 2.43 bits per heavy atom. The Morgan fingerprint density at radius 2 is 1.66 bits per heavy atom. The zero-order valence-electron chi connectivity index (χ0n) is 21.1. The van der Waals surface area contributed by atoms with E-state index < -0.39 is 0 Å². The summed E-state index contributed by atoms with van der Waals surface area (Å²) in [6.07, 6.45) is 1.89. The second-order valence-electron chi connectivity index (χ2n) is 9.42. The van der Waals surface area contributed by atoms with Gasteiger partial charge < -0.3 is 14.6 Å². The van der Waals surface area contributed by atoms with Crippen LogP contribution in [0, 0.1) is 6.92 Å². The largest absolute Gasteiger partial charge is 0.493 e. The second kappa shape index (κ2) is 11.2. The number of hydrogen-bond acceptors (Lipinski definition) is 3. The number of carbonyl (C=O) groups excluding carboxylic acids is 1. The molecule has 1 unspecified atom stereocenters. The molecule has 0 bridgehead atoms. The third kappa shape index (κ3) is 5.91. The monoisotopic (exact) mass is 469 g/mol. The van der Waals surface area contributed by atoms with E-state index >= 15 is 0 Å². The van der Waals surface area contributed by atoms with E-state index in [0.717, 1.165) is 47.6 Å². The number of fused-ring (bicyclic) bond motifs is 1. The van der Waals surface area contributed by atoms with E-state index in [9.17, 15) is 4.79 Å². The Labute approximate surface area is 208 Å². The zero-order valence-corrected chi connectivity index (χ0v) is 21.1. The highest BCUT2D eigenvalue weighted by Crippen LogP contribution is 2.26. The first-order chi connectivity index (χ1) is 16.9. The van der Waals surface area contributed by atoms with Crippen LogP contribution in [0.5, 0.6) is 5.75 Å². The maximum Gasteiger partial charge on any atom is 0.251 e. The van der Waals surface area contributed by atoms with Crippen molar-refractivity contribution in [3.05, 3.63) is 95.3 Å². The van der Waals surface area contributed by atoms with Crippen molar-refractivity contribution in [2.75, 3.05) is 6.61 Å². The molecular formula is C30H35N3O2. The SMILES string of the molecule is Cc1ccc(C(=O)NC(C)c2nc3ccccc3n2CCCCOc2ccccc2C(C)C)cc1. The van der Waals surface area contributed by atoms with E-state index in [4.69, 9.17) is 9.72 Å². The molecule has 35 heavy (non-hydrogen) atoms. The standard InChI is InChI=1S/C30H35N3O2/c1-21(2)25-11-5-8-14-28(25)35-20-10-9-19-33-27-13-7-6-12-26(27)32-29(33)23(4)31-30(34)24-17-15-22(3)16-18-24/h5-8,11-18,21,23H,9-10,19-20H2,1-4H3,(H,31,34). The summed E-state index contributed by atoms with van der Waals surface area (Å²) in [4.78, 5) is 17.7. The number of ether oxygens (including phenoxy) is 1. The third-order valence-electron chi connectivity index (χ3n) is 6.31. The number of nitrogens with zero attached hydrogens (tertiary/aromatic N) is 2. The molecule has 1 aromatic heterocycles. The molecule has 1 heterocycles. The Morgan fingerprint density at radius 1 is 0.943 bits per heavy atom. The van der Waals surface area contributed by atoms with Gasteiger partial charge in [0, 0.05) is 12.1 Å². The molecule has 1 atom stereocenters. The molecule has 5 nitrogen and oxygen atoms in total. The minimum atomic E-state index is -0.217. The van der Waals surface area contributed by atoms with Crippen LogP contribution in [0.15, 0.2) is 72.8 Å². The lowest BCUT2D eigenvalue weighted by Crippen LogP contribution is -2.28. The van der Waals surface area contributed by atoms with Gasteiger partial charge in [-0.1, -0.05) is 61.9 Å². The maximum atomic E-state index is 12.8. The fraction of sp³-hybridized carbons (Fsp3) is 0.333. The molecule has 0 saturated heterocycles. The Bertz CT molecular complexity index is 1270. The smallest absolute Gasteiger partial charge is 0.251 e. The fourth-order valence-corrected chi connectivity index (χ4v) is 4.35. The molecule has 0 aliphatic carbocycles. The predicted molar refractivity (Wildman–Crippen MR) is 142 cm³/mol. The molecule has 5 heteroatoms. The lowest BCUT2D eigenvalue weighted by atomic mass is 10.0. The summed E-state index contributed by atoms with van der Waals surface area (Å²) in [6.45, 7) is 9.87. The highest BCUT2D eigenvalue weighted by Gasteiger charge is 2.19. The predicted octanol–water partition coefficient (Wildman–Crippen LogP) is 6.82. The fourth-order valence-electron chi connectivity index (χ4n) is 4.35. The number of nitrogens with one attached hydrogen (secondary N) is 1. The van der Waals surface area contributed by atoms with E-state index in [-0.39, 0.29) is 11.9 Å². The van der Waals surface area contributed by atoms with E-state index in [1.54, 1.807) is 0 Å². The van der Waals surface area contributed by atoms with E-state index in [1.807, 2.05) is 62.4 Å². The van der Waals surface area contributed by atoms with Gasteiger partial charge in [-0.3, -0.25) is 4.79 Å². The van der Waals surface area contributed by atoms with Crippen molar-refractivity contribution in [1.82, 2.24) is 14.9 Å². The van der Waals surface area contributed by atoms with Gasteiger partial charge in [0.05, 0.1) is 23.7 Å². The van der Waals surface area contributed by atoms with Gasteiger partial charge in [-0.05, 0) is 68.5 Å². The number of aromatic nitrogens is 2. The van der Waals surface area contributed by atoms with Crippen molar-refractivity contribution in [2.45, 2.75) is 59.0 Å². The highest BCUT2D eigenvalue weighted by atomic mass is 16.5. The minimum absolute atomic E-state index is 0.0895. The van der Waals surface area contributed by atoms with Crippen LogP contribution >= 0.6 is 0 Å². The Hall–Kier alpha value is -3.60. The maximum absolute atomic E-state index is 12.8. The summed E-state index contributed by atoms with van der Waals surface area (Å²) in [5.41, 5.74) is 5.07. The Balaban J connectivity index is 1.42. The number of unbranched alkanes of at least 4 members (excludes halogenated alkanes) is 1. The molecular weight excluding hydrogens is 434 g/mol. The molecule has 4 rings (SSSR count). The molecule has 0 aliphatic rings. The lowest BCUT2D eigenvalue weighted by molar-refractivity contribution is 0.0937. The van der Waals surface area contributed by atoms with Gasteiger partial charge in [0.15, 0.2) is 0 Å². The number of carbonyl (C=O) groups is 1. The number of aryl methyl sites for hydroxylation is 2. The van der Waals surface area contributed by atoms with E-state index in [0.29, 0.717) is 18.1 Å². The molecule has 0 saturated carbocycles. The van der Waals surface area contributed by atoms with Gasteiger partial charge in [-0.15, -0.1) is 0 Å². The van der Waals surface area contributed by atoms with Gasteiger partial charge in [-0.2, -0.15) is 0 Å². The topological polar surface area (TPSA) is 56.2 Å². The van der Waals surface area contributed by atoms with Gasteiger partial charge in [-0.25, -0.2) is 4.98 Å². The Kier molecular flexibility index (Phi) is 7.86. The van der Waals surface area contributed by atoms with E-state index in [2.05, 4.69) is 48.0 Å². The first kappa shape index (κ1) is 24.5. The first-order valence-electron chi connectivity index (χ1n) is 12.5. The van der Waals surface area contributed by atoms with Crippen molar-refractivity contribution >= 4 is 16.9 Å². The lowest BCUT2D eigenvalue weighted by Gasteiger charge is -2.17. The van der Waals surface area contributed by atoms with Crippen LogP contribution in [0.3, 0.4) is 0 Å². The molecule has 182 valence electrons. The normalized spacial score (nSPS) is 12.1. The summed E-state index contributed by atoms with van der Waals surface area (Å²) in [5, 5.41) is 3.13. The summed E-state index contributed by atoms with van der Waals surface area (Å²) >= 11 is 0. The van der Waals surface area contributed by atoms with Crippen LogP contribution in [0.4, 0.5) is 0 Å². The van der Waals surface area contributed by atoms with Gasteiger partial charge in [0.1, 0.15) is 11.6 Å². The van der Waals surface area contributed by atoms with E-state index in [1.165, 1.54) is 5.56 Å².